The van der Waals surface area contributed by atoms with E-state index in [-0.39, 0.29) is 12.1 Å². The van der Waals surface area contributed by atoms with Crippen LogP contribution in [0.5, 0.6) is 0 Å². The Bertz CT molecular complexity index is 1760. The van der Waals surface area contributed by atoms with Gasteiger partial charge in [-0.05, 0) is 104 Å². The minimum absolute atomic E-state index is 0.172. The molecule has 47 heavy (non-hydrogen) atoms. The molecule has 1 aromatic heterocycles. The largest absolute Gasteiger partial charge is 0.478 e. The number of nitrogens with zero attached hydrogens (tertiary/aromatic N) is 2. The van der Waals surface area contributed by atoms with Crippen molar-refractivity contribution in [2.75, 3.05) is 4.90 Å². The van der Waals surface area contributed by atoms with Crippen LogP contribution in [0.1, 0.15) is 74.0 Å². The lowest BCUT2D eigenvalue weighted by atomic mass is 9.74. The molecule has 5 atom stereocenters. The van der Waals surface area contributed by atoms with Crippen molar-refractivity contribution in [3.8, 4) is 0 Å². The number of allylic oxidation sites excluding steroid dienone is 11. The predicted octanol–water partition coefficient (Wildman–Crippen LogP) is 8.02. The standard InChI is InChI=1S/C41H42N2O4/c44-40(45)27-42-22-20-32(21-23-42)36(41(46)47)25-29-16-19-39-37(26-29)34-12-7-13-38(34)43(39)33-17-14-28(15-18-33)24-35(30-8-3-1-4-9-30)31-10-5-2-6-11-31/h1,3-5,8,10-11,14,16-23,25-26,28,30,34-35,38H,2,6-7,9,12-13,15,24,27H2,(H-,44,45,46,47)/p+1. The molecule has 1 aliphatic heterocycles. The Balaban J connectivity index is 1.11. The van der Waals surface area contributed by atoms with Crippen molar-refractivity contribution >= 4 is 29.3 Å². The molecule has 6 nitrogen and oxygen atoms in total. The monoisotopic (exact) mass is 627 g/mol. The lowest BCUT2D eigenvalue weighted by Gasteiger charge is -2.33. The molecule has 2 heterocycles. The fourth-order valence-electron chi connectivity index (χ4n) is 8.33. The van der Waals surface area contributed by atoms with Gasteiger partial charge in [0.25, 0.3) is 0 Å². The van der Waals surface area contributed by atoms with Crippen LogP contribution in [0.15, 0.2) is 115 Å². The van der Waals surface area contributed by atoms with Crippen molar-refractivity contribution in [2.24, 2.45) is 17.8 Å². The first-order chi connectivity index (χ1) is 22.9. The molecule has 6 heteroatoms. The van der Waals surface area contributed by atoms with Gasteiger partial charge < -0.3 is 15.1 Å². The normalized spacial score (nSPS) is 25.3. The first kappa shape index (κ1) is 30.9. The zero-order valence-electron chi connectivity index (χ0n) is 26.7. The fourth-order valence-corrected chi connectivity index (χ4v) is 8.33. The Morgan fingerprint density at radius 3 is 2.53 bits per heavy atom. The van der Waals surface area contributed by atoms with Crippen LogP contribution in [0.25, 0.3) is 11.6 Å². The van der Waals surface area contributed by atoms with E-state index in [9.17, 15) is 14.7 Å². The van der Waals surface area contributed by atoms with E-state index < -0.39 is 11.9 Å². The van der Waals surface area contributed by atoms with Gasteiger partial charge in [0.15, 0.2) is 12.4 Å². The Kier molecular flexibility index (Phi) is 8.92. The van der Waals surface area contributed by atoms with Crippen LogP contribution in [0.2, 0.25) is 0 Å². The van der Waals surface area contributed by atoms with Crippen LogP contribution in [-0.2, 0) is 16.1 Å². The molecule has 0 saturated heterocycles. The summed E-state index contributed by atoms with van der Waals surface area (Å²) >= 11 is 0. The maximum Gasteiger partial charge on any atom is 0.370 e. The van der Waals surface area contributed by atoms with Crippen LogP contribution in [0.4, 0.5) is 5.69 Å². The van der Waals surface area contributed by atoms with Gasteiger partial charge in [-0.2, -0.15) is 4.57 Å². The molecule has 2 N–H and O–H groups in total. The Morgan fingerprint density at radius 1 is 0.957 bits per heavy atom. The Hall–Kier alpha value is -4.71. The number of rotatable bonds is 10. The van der Waals surface area contributed by atoms with Crippen LogP contribution < -0.4 is 9.47 Å². The van der Waals surface area contributed by atoms with E-state index in [4.69, 9.17) is 5.11 Å². The zero-order chi connectivity index (χ0) is 32.3. The summed E-state index contributed by atoms with van der Waals surface area (Å²) in [5, 5.41) is 19.1. The minimum atomic E-state index is -1.01. The SMILES string of the molecule is O=C(O)C[n+]1ccc(/C(=C/c2ccc3c(c2)C2CCCC2N3C2=CCC(CC(C3=CCCC=C3)C3C=CC=CC3)C=C2)C(=O)O)cc1. The van der Waals surface area contributed by atoms with E-state index in [0.29, 0.717) is 35.3 Å². The van der Waals surface area contributed by atoms with Crippen LogP contribution >= 0.6 is 0 Å². The number of aromatic nitrogens is 1. The molecule has 0 amide bonds. The van der Waals surface area contributed by atoms with E-state index in [1.807, 2.05) is 6.07 Å². The number of pyridine rings is 1. The molecule has 5 aliphatic rings. The smallest absolute Gasteiger partial charge is 0.370 e. The highest BCUT2D eigenvalue weighted by Gasteiger charge is 2.42. The van der Waals surface area contributed by atoms with Gasteiger partial charge in [-0.3, -0.25) is 0 Å². The highest BCUT2D eigenvalue weighted by Crippen LogP contribution is 2.52. The molecule has 4 aliphatic carbocycles. The summed E-state index contributed by atoms with van der Waals surface area (Å²) in [6.07, 6.45) is 37.6. The third-order valence-corrected chi connectivity index (χ3v) is 10.6. The number of carbonyl (C=O) groups is 2. The van der Waals surface area contributed by atoms with Gasteiger partial charge in [0.2, 0.25) is 6.54 Å². The minimum Gasteiger partial charge on any atom is -0.478 e. The zero-order valence-corrected chi connectivity index (χ0v) is 26.7. The number of benzene rings is 1. The number of fused-ring (bicyclic) bond motifs is 3. The fraction of sp³-hybridized carbons (Fsp3) is 0.341. The number of aliphatic carboxylic acids is 2. The van der Waals surface area contributed by atoms with Crippen molar-refractivity contribution < 1.29 is 24.4 Å². The lowest BCUT2D eigenvalue weighted by molar-refractivity contribution is -0.685. The highest BCUT2D eigenvalue weighted by molar-refractivity contribution is 6.20. The first-order valence-corrected chi connectivity index (χ1v) is 17.1. The number of carboxylic acid groups (broad SMARTS) is 2. The van der Waals surface area contributed by atoms with Crippen LogP contribution in [0.3, 0.4) is 0 Å². The summed E-state index contributed by atoms with van der Waals surface area (Å²) in [5.41, 5.74) is 6.95. The summed E-state index contributed by atoms with van der Waals surface area (Å²) in [4.78, 5) is 25.9. The summed E-state index contributed by atoms with van der Waals surface area (Å²) < 4.78 is 1.52. The van der Waals surface area contributed by atoms with Gasteiger partial charge >= 0.3 is 11.9 Å². The van der Waals surface area contributed by atoms with Gasteiger partial charge in [0.05, 0.1) is 5.57 Å². The van der Waals surface area contributed by atoms with E-state index in [1.54, 1.807) is 30.6 Å². The number of hydrogen-bond donors (Lipinski definition) is 2. The first-order valence-electron chi connectivity index (χ1n) is 17.1. The van der Waals surface area contributed by atoms with Gasteiger partial charge in [-0.1, -0.05) is 67.2 Å². The Morgan fingerprint density at radius 2 is 1.83 bits per heavy atom. The van der Waals surface area contributed by atoms with Crippen LogP contribution in [-0.4, -0.2) is 28.2 Å². The predicted molar refractivity (Wildman–Crippen MR) is 185 cm³/mol. The number of carboxylic acids is 2. The molecule has 1 saturated carbocycles. The molecule has 0 bridgehead atoms. The van der Waals surface area contributed by atoms with E-state index in [0.717, 1.165) is 50.5 Å². The highest BCUT2D eigenvalue weighted by atomic mass is 16.4. The third-order valence-electron chi connectivity index (χ3n) is 10.6. The van der Waals surface area contributed by atoms with E-state index in [1.165, 1.54) is 33.5 Å². The van der Waals surface area contributed by atoms with Crippen LogP contribution in [0, 0.1) is 17.8 Å². The molecule has 240 valence electrons. The topological polar surface area (TPSA) is 81.7 Å². The number of anilines is 1. The second kappa shape index (κ2) is 13.6. The van der Waals surface area contributed by atoms with E-state index >= 15 is 0 Å². The van der Waals surface area contributed by atoms with E-state index in [2.05, 4.69) is 77.8 Å². The molecule has 2 aromatic rings. The molecule has 7 rings (SSSR count). The quantitative estimate of drug-likeness (QED) is 0.206. The van der Waals surface area contributed by atoms with Crippen molar-refractivity contribution in [1.82, 2.24) is 0 Å². The molecular weight excluding hydrogens is 584 g/mol. The molecule has 0 spiro atoms. The summed E-state index contributed by atoms with van der Waals surface area (Å²) in [6.45, 7) is -0.172. The van der Waals surface area contributed by atoms with Gasteiger partial charge in [-0.15, -0.1) is 0 Å². The molecular formula is C41H43N2O4+. The van der Waals surface area contributed by atoms with Gasteiger partial charge in [-0.25, -0.2) is 9.59 Å². The molecule has 0 radical (unpaired) electrons. The van der Waals surface area contributed by atoms with Crippen molar-refractivity contribution in [1.29, 1.82) is 0 Å². The number of hydrogen-bond acceptors (Lipinski definition) is 3. The van der Waals surface area contributed by atoms with Gasteiger partial charge in [0, 0.05) is 41.0 Å². The molecule has 5 unspecified atom stereocenters. The summed E-state index contributed by atoms with van der Waals surface area (Å²) in [5.74, 6) is 0.0794. The van der Waals surface area contributed by atoms with Crippen molar-refractivity contribution in [3.63, 3.8) is 0 Å². The summed E-state index contributed by atoms with van der Waals surface area (Å²) in [7, 11) is 0. The second-order valence-electron chi connectivity index (χ2n) is 13.5. The van der Waals surface area contributed by atoms with Crippen molar-refractivity contribution in [3.05, 3.63) is 131 Å². The average Bonchev–Trinajstić information content (AvgIpc) is 3.68. The van der Waals surface area contributed by atoms with Gasteiger partial charge in [0.1, 0.15) is 0 Å². The molecule has 1 aromatic carbocycles. The molecule has 1 fully saturated rings. The third kappa shape index (κ3) is 6.60. The summed E-state index contributed by atoms with van der Waals surface area (Å²) in [6, 6.07) is 10.1. The Labute approximate surface area is 277 Å². The van der Waals surface area contributed by atoms with Crippen molar-refractivity contribution in [2.45, 2.75) is 69.9 Å². The second-order valence-corrected chi connectivity index (χ2v) is 13.5. The maximum absolute atomic E-state index is 12.3. The average molecular weight is 628 g/mol. The lowest BCUT2D eigenvalue weighted by Crippen LogP contribution is -2.36. The maximum atomic E-state index is 12.3.